The van der Waals surface area contributed by atoms with E-state index >= 15 is 0 Å². The number of para-hydroxylation sites is 1. The summed E-state index contributed by atoms with van der Waals surface area (Å²) < 4.78 is 6.49. The zero-order valence-corrected chi connectivity index (χ0v) is 30.3. The van der Waals surface area contributed by atoms with Crippen LogP contribution in [-0.2, 0) is 0 Å². The highest BCUT2D eigenvalue weighted by atomic mass is 16.3. The molecule has 2 heteroatoms. The minimum atomic E-state index is 0.515. The lowest BCUT2D eigenvalue weighted by Gasteiger charge is -2.32. The first-order valence-electron chi connectivity index (χ1n) is 19.4. The van der Waals surface area contributed by atoms with Crippen molar-refractivity contribution >= 4 is 49.8 Å². The van der Waals surface area contributed by atoms with Crippen LogP contribution >= 0.6 is 0 Å². The molecule has 9 aromatic rings. The van der Waals surface area contributed by atoms with Crippen molar-refractivity contribution in [3.63, 3.8) is 0 Å². The maximum Gasteiger partial charge on any atom is 0.137 e. The van der Waals surface area contributed by atoms with E-state index in [0.717, 1.165) is 33.3 Å². The molecule has 2 nitrogen and oxygen atoms in total. The Balaban J connectivity index is 1.18. The van der Waals surface area contributed by atoms with Gasteiger partial charge in [-0.2, -0.15) is 0 Å². The second kappa shape index (κ2) is 13.9. The van der Waals surface area contributed by atoms with Crippen molar-refractivity contribution in [2.45, 2.75) is 38.0 Å². The Bertz CT molecular complexity index is 2680. The molecular weight excluding hydrogens is 655 g/mol. The quantitative estimate of drug-likeness (QED) is 0.165. The van der Waals surface area contributed by atoms with Gasteiger partial charge in [-0.3, -0.25) is 0 Å². The number of hydrogen-bond donors (Lipinski definition) is 0. The summed E-state index contributed by atoms with van der Waals surface area (Å²) in [5.41, 5.74) is 14.0. The summed E-state index contributed by atoms with van der Waals surface area (Å²) in [4.78, 5) is 2.48. The van der Waals surface area contributed by atoms with E-state index in [4.69, 9.17) is 4.42 Å². The van der Waals surface area contributed by atoms with E-state index in [1.165, 1.54) is 87.5 Å². The summed E-state index contributed by atoms with van der Waals surface area (Å²) >= 11 is 0. The Hall–Kier alpha value is -6.38. The fraction of sp³-hybridized carbons (Fsp3) is 0.115. The number of benzene rings is 8. The summed E-state index contributed by atoms with van der Waals surface area (Å²) in [6.45, 7) is 0. The molecule has 54 heavy (non-hydrogen) atoms. The molecule has 0 N–H and O–H groups in total. The molecule has 1 heterocycles. The largest absolute Gasteiger partial charge is 0.456 e. The molecule has 0 saturated heterocycles. The van der Waals surface area contributed by atoms with Gasteiger partial charge in [-0.05, 0) is 111 Å². The Kier molecular flexibility index (Phi) is 8.30. The van der Waals surface area contributed by atoms with Gasteiger partial charge in [0.15, 0.2) is 0 Å². The van der Waals surface area contributed by atoms with Gasteiger partial charge in [0.1, 0.15) is 11.2 Å². The van der Waals surface area contributed by atoms with Crippen molar-refractivity contribution in [2.24, 2.45) is 0 Å². The van der Waals surface area contributed by atoms with Gasteiger partial charge >= 0.3 is 0 Å². The van der Waals surface area contributed by atoms with Crippen molar-refractivity contribution < 1.29 is 4.42 Å². The van der Waals surface area contributed by atoms with E-state index in [-0.39, 0.29) is 0 Å². The van der Waals surface area contributed by atoms with Gasteiger partial charge in [0, 0.05) is 28.2 Å². The summed E-state index contributed by atoms with van der Waals surface area (Å²) in [5.74, 6) is 0.515. The maximum absolute atomic E-state index is 6.49. The van der Waals surface area contributed by atoms with Crippen LogP contribution in [0.25, 0.3) is 66.1 Å². The van der Waals surface area contributed by atoms with Crippen LogP contribution in [-0.4, -0.2) is 0 Å². The first-order valence-corrected chi connectivity index (χ1v) is 19.4. The molecule has 1 fully saturated rings. The number of anilines is 3. The predicted octanol–water partition coefficient (Wildman–Crippen LogP) is 15.3. The van der Waals surface area contributed by atoms with Crippen molar-refractivity contribution in [2.75, 3.05) is 4.90 Å². The van der Waals surface area contributed by atoms with Crippen LogP contribution in [0.2, 0.25) is 0 Å². The summed E-state index contributed by atoms with van der Waals surface area (Å²) in [6, 6.07) is 66.3. The average Bonchev–Trinajstić information content (AvgIpc) is 3.62. The number of fused-ring (bicyclic) bond motifs is 4. The highest BCUT2D eigenvalue weighted by Crippen LogP contribution is 2.47. The van der Waals surface area contributed by atoms with Gasteiger partial charge in [-0.25, -0.2) is 0 Å². The van der Waals surface area contributed by atoms with Gasteiger partial charge in [0.25, 0.3) is 0 Å². The monoisotopic (exact) mass is 695 g/mol. The standard InChI is InChI=1S/C52H41NO/c1-4-15-36(16-5-1)44-24-14-25-45(37-17-6-2-7-18-37)52(44)39-27-29-42(30-28-39)53(43-31-32-47-46-23-12-13-26-50(46)54-51(47)35-43)49-34-41-22-11-10-21-40(41)33-48(49)38-19-8-3-9-20-38/h1-2,4-7,10-18,21-35,38H,3,8-9,19-20H2. The van der Waals surface area contributed by atoms with Gasteiger partial charge in [-0.1, -0.05) is 153 Å². The van der Waals surface area contributed by atoms with E-state index in [2.05, 4.69) is 181 Å². The number of rotatable bonds is 7. The van der Waals surface area contributed by atoms with Crippen LogP contribution in [0.4, 0.5) is 17.1 Å². The van der Waals surface area contributed by atoms with Crippen LogP contribution in [0.1, 0.15) is 43.6 Å². The van der Waals surface area contributed by atoms with Crippen molar-refractivity contribution in [3.05, 3.63) is 188 Å². The second-order valence-electron chi connectivity index (χ2n) is 14.7. The van der Waals surface area contributed by atoms with Crippen molar-refractivity contribution in [1.29, 1.82) is 0 Å². The molecule has 1 aliphatic carbocycles. The van der Waals surface area contributed by atoms with Gasteiger partial charge in [0.2, 0.25) is 0 Å². The van der Waals surface area contributed by atoms with Gasteiger partial charge in [-0.15, -0.1) is 0 Å². The number of hydrogen-bond acceptors (Lipinski definition) is 2. The zero-order chi connectivity index (χ0) is 35.8. The molecule has 0 amide bonds. The Labute approximate surface area is 316 Å². The topological polar surface area (TPSA) is 16.4 Å². The molecule has 1 aliphatic rings. The molecule has 10 rings (SSSR count). The fourth-order valence-corrected chi connectivity index (χ4v) is 8.82. The maximum atomic E-state index is 6.49. The molecule has 0 unspecified atom stereocenters. The third-order valence-corrected chi connectivity index (χ3v) is 11.4. The van der Waals surface area contributed by atoms with Gasteiger partial charge in [0.05, 0.1) is 5.69 Å². The third-order valence-electron chi connectivity index (χ3n) is 11.4. The first-order chi connectivity index (χ1) is 26.8. The number of nitrogens with zero attached hydrogens (tertiary/aromatic N) is 1. The Morgan fingerprint density at radius 1 is 0.426 bits per heavy atom. The summed E-state index contributed by atoms with van der Waals surface area (Å²) in [5, 5.41) is 4.84. The smallest absolute Gasteiger partial charge is 0.137 e. The highest BCUT2D eigenvalue weighted by molar-refractivity contribution is 6.06. The van der Waals surface area contributed by atoms with Crippen LogP contribution in [0.5, 0.6) is 0 Å². The van der Waals surface area contributed by atoms with E-state index in [1.54, 1.807) is 0 Å². The van der Waals surface area contributed by atoms with Crippen LogP contribution in [0.15, 0.2) is 186 Å². The molecule has 0 radical (unpaired) electrons. The van der Waals surface area contributed by atoms with Crippen LogP contribution in [0.3, 0.4) is 0 Å². The van der Waals surface area contributed by atoms with Crippen molar-refractivity contribution in [3.8, 4) is 33.4 Å². The predicted molar refractivity (Wildman–Crippen MR) is 228 cm³/mol. The first kappa shape index (κ1) is 32.3. The van der Waals surface area contributed by atoms with E-state index < -0.39 is 0 Å². The second-order valence-corrected chi connectivity index (χ2v) is 14.7. The Morgan fingerprint density at radius 2 is 1.02 bits per heavy atom. The zero-order valence-electron chi connectivity index (χ0n) is 30.3. The third kappa shape index (κ3) is 5.85. The SMILES string of the molecule is c1ccc(-c2cccc(-c3ccccc3)c2-c2ccc(N(c3ccc4c(c3)oc3ccccc34)c3cc4ccccc4cc3C3CCCCC3)cc2)cc1. The Morgan fingerprint density at radius 3 is 1.72 bits per heavy atom. The lowest BCUT2D eigenvalue weighted by atomic mass is 9.82. The lowest BCUT2D eigenvalue weighted by molar-refractivity contribution is 0.444. The van der Waals surface area contributed by atoms with E-state index in [0.29, 0.717) is 5.92 Å². The number of furan rings is 1. The molecule has 1 aromatic heterocycles. The summed E-state index contributed by atoms with van der Waals surface area (Å²) in [7, 11) is 0. The summed E-state index contributed by atoms with van der Waals surface area (Å²) in [6.07, 6.45) is 6.32. The lowest BCUT2D eigenvalue weighted by Crippen LogP contribution is -2.15. The molecule has 8 aromatic carbocycles. The molecule has 0 atom stereocenters. The normalized spacial score (nSPS) is 13.5. The molecule has 0 spiro atoms. The van der Waals surface area contributed by atoms with Gasteiger partial charge < -0.3 is 9.32 Å². The van der Waals surface area contributed by atoms with Crippen molar-refractivity contribution in [1.82, 2.24) is 0 Å². The minimum Gasteiger partial charge on any atom is -0.456 e. The van der Waals surface area contributed by atoms with Crippen LogP contribution < -0.4 is 4.90 Å². The fourth-order valence-electron chi connectivity index (χ4n) is 8.82. The van der Waals surface area contributed by atoms with Crippen LogP contribution in [0, 0.1) is 0 Å². The average molecular weight is 696 g/mol. The van der Waals surface area contributed by atoms with E-state index in [9.17, 15) is 0 Å². The highest BCUT2D eigenvalue weighted by Gasteiger charge is 2.25. The minimum absolute atomic E-state index is 0.515. The molecule has 260 valence electrons. The molecular formula is C52H41NO. The molecule has 1 saturated carbocycles. The molecule has 0 aliphatic heterocycles. The molecule has 0 bridgehead atoms. The van der Waals surface area contributed by atoms with E-state index in [1.807, 2.05) is 6.07 Å².